The zero-order chi connectivity index (χ0) is 15.2. The average Bonchev–Trinajstić information content (AvgIpc) is 2.61. The molecule has 4 heteroatoms. The number of carbonyl (C=O) groups excluding carboxylic acids is 1. The monoisotopic (exact) mass is 290 g/mol. The van der Waals surface area contributed by atoms with Gasteiger partial charge in [0.15, 0.2) is 6.29 Å². The van der Waals surface area contributed by atoms with Crippen LogP contribution in [0.1, 0.15) is 15.9 Å². The van der Waals surface area contributed by atoms with Crippen LogP contribution in [-0.2, 0) is 6.61 Å². The van der Waals surface area contributed by atoms with Gasteiger partial charge < -0.3 is 4.74 Å². The molecule has 0 N–H and O–H groups in total. The Hall–Kier alpha value is -3.01. The standard InChI is InChI=1S/C18H14N2O2/c21-11-16-8-15(17-9-19-13-20-10-17)6-7-18(16)22-12-14-4-2-1-3-5-14/h1-11,13H,12H2. The highest BCUT2D eigenvalue weighted by molar-refractivity contribution is 5.82. The summed E-state index contributed by atoms with van der Waals surface area (Å²) in [5, 5.41) is 0. The highest BCUT2D eigenvalue weighted by atomic mass is 16.5. The van der Waals surface area contributed by atoms with Crippen molar-refractivity contribution < 1.29 is 9.53 Å². The molecule has 0 unspecified atom stereocenters. The Morgan fingerprint density at radius 2 is 1.73 bits per heavy atom. The van der Waals surface area contributed by atoms with E-state index in [9.17, 15) is 4.79 Å². The van der Waals surface area contributed by atoms with Gasteiger partial charge in [-0.05, 0) is 23.3 Å². The second-order valence-corrected chi connectivity index (χ2v) is 4.77. The molecule has 1 aromatic heterocycles. The molecule has 0 atom stereocenters. The summed E-state index contributed by atoms with van der Waals surface area (Å²) in [6.07, 6.45) is 5.69. The van der Waals surface area contributed by atoms with Gasteiger partial charge in [0.2, 0.25) is 0 Å². The van der Waals surface area contributed by atoms with Crippen molar-refractivity contribution in [3.8, 4) is 16.9 Å². The maximum Gasteiger partial charge on any atom is 0.153 e. The van der Waals surface area contributed by atoms with Gasteiger partial charge in [0.25, 0.3) is 0 Å². The molecule has 0 saturated carbocycles. The second-order valence-electron chi connectivity index (χ2n) is 4.77. The van der Waals surface area contributed by atoms with Gasteiger partial charge in [-0.1, -0.05) is 36.4 Å². The van der Waals surface area contributed by atoms with E-state index in [2.05, 4.69) is 9.97 Å². The first kappa shape index (κ1) is 13.9. The summed E-state index contributed by atoms with van der Waals surface area (Å²) < 4.78 is 5.74. The first-order chi connectivity index (χ1) is 10.9. The number of hydrogen-bond acceptors (Lipinski definition) is 4. The van der Waals surface area contributed by atoms with Crippen LogP contribution < -0.4 is 4.74 Å². The Bertz CT molecular complexity index is 759. The van der Waals surface area contributed by atoms with Crippen LogP contribution in [0, 0.1) is 0 Å². The van der Waals surface area contributed by atoms with Crippen LogP contribution >= 0.6 is 0 Å². The third-order valence-corrected chi connectivity index (χ3v) is 3.27. The first-order valence-electron chi connectivity index (χ1n) is 6.88. The molecule has 0 fully saturated rings. The summed E-state index contributed by atoms with van der Waals surface area (Å²) in [6.45, 7) is 0.426. The Morgan fingerprint density at radius 1 is 0.955 bits per heavy atom. The van der Waals surface area contributed by atoms with Gasteiger partial charge >= 0.3 is 0 Å². The quantitative estimate of drug-likeness (QED) is 0.674. The van der Waals surface area contributed by atoms with E-state index >= 15 is 0 Å². The van der Waals surface area contributed by atoms with Crippen LogP contribution in [0.3, 0.4) is 0 Å². The predicted molar refractivity (Wildman–Crippen MR) is 83.6 cm³/mol. The molecule has 0 aliphatic carbocycles. The molecule has 22 heavy (non-hydrogen) atoms. The van der Waals surface area contributed by atoms with Crippen molar-refractivity contribution in [2.75, 3.05) is 0 Å². The van der Waals surface area contributed by atoms with E-state index in [-0.39, 0.29) is 0 Å². The van der Waals surface area contributed by atoms with Crippen molar-refractivity contribution in [3.05, 3.63) is 78.4 Å². The van der Waals surface area contributed by atoms with Gasteiger partial charge in [-0.25, -0.2) is 9.97 Å². The van der Waals surface area contributed by atoms with Crippen molar-refractivity contribution >= 4 is 6.29 Å². The van der Waals surface area contributed by atoms with Crippen LogP contribution in [0.15, 0.2) is 67.3 Å². The highest BCUT2D eigenvalue weighted by Gasteiger charge is 2.07. The third kappa shape index (κ3) is 3.17. The number of ether oxygens (including phenoxy) is 1. The molecule has 108 valence electrons. The molecule has 0 saturated heterocycles. The molecule has 3 rings (SSSR count). The van der Waals surface area contributed by atoms with Gasteiger partial charge in [-0.15, -0.1) is 0 Å². The summed E-state index contributed by atoms with van der Waals surface area (Å²) in [5.74, 6) is 0.569. The van der Waals surface area contributed by atoms with E-state index < -0.39 is 0 Å². The molecule has 0 aliphatic rings. The highest BCUT2D eigenvalue weighted by Crippen LogP contribution is 2.25. The van der Waals surface area contributed by atoms with Gasteiger partial charge in [-0.3, -0.25) is 4.79 Å². The topological polar surface area (TPSA) is 52.1 Å². The molecule has 2 aromatic carbocycles. The van der Waals surface area contributed by atoms with E-state index in [1.807, 2.05) is 36.4 Å². The zero-order valence-corrected chi connectivity index (χ0v) is 11.8. The summed E-state index contributed by atoms with van der Waals surface area (Å²) in [4.78, 5) is 19.3. The van der Waals surface area contributed by atoms with Gasteiger partial charge in [0.1, 0.15) is 18.7 Å². The molecule has 0 amide bonds. The Kier molecular flexibility index (Phi) is 4.20. The largest absolute Gasteiger partial charge is 0.488 e. The number of carbonyl (C=O) groups is 1. The lowest BCUT2D eigenvalue weighted by Crippen LogP contribution is -1.98. The number of rotatable bonds is 5. The minimum absolute atomic E-state index is 0.426. The van der Waals surface area contributed by atoms with E-state index in [4.69, 9.17) is 4.74 Å². The number of hydrogen-bond donors (Lipinski definition) is 0. The second kappa shape index (κ2) is 6.63. The molecule has 0 bridgehead atoms. The minimum atomic E-state index is 0.426. The Balaban J connectivity index is 1.82. The molecular formula is C18H14N2O2. The van der Waals surface area contributed by atoms with Gasteiger partial charge in [0, 0.05) is 18.0 Å². The molecule has 0 aliphatic heterocycles. The van der Waals surface area contributed by atoms with Crippen LogP contribution in [0.25, 0.3) is 11.1 Å². The summed E-state index contributed by atoms with van der Waals surface area (Å²) >= 11 is 0. The summed E-state index contributed by atoms with van der Waals surface area (Å²) in [7, 11) is 0. The van der Waals surface area contributed by atoms with Crippen molar-refractivity contribution in [3.63, 3.8) is 0 Å². The number of nitrogens with zero attached hydrogens (tertiary/aromatic N) is 2. The summed E-state index contributed by atoms with van der Waals surface area (Å²) in [5.41, 5.74) is 3.31. The smallest absolute Gasteiger partial charge is 0.153 e. The number of benzene rings is 2. The third-order valence-electron chi connectivity index (χ3n) is 3.27. The molecular weight excluding hydrogens is 276 g/mol. The zero-order valence-electron chi connectivity index (χ0n) is 11.8. The normalized spacial score (nSPS) is 10.2. The molecule has 4 nitrogen and oxygen atoms in total. The average molecular weight is 290 g/mol. The summed E-state index contributed by atoms with van der Waals surface area (Å²) in [6, 6.07) is 15.3. The van der Waals surface area contributed by atoms with E-state index in [0.29, 0.717) is 17.9 Å². The van der Waals surface area contributed by atoms with Crippen molar-refractivity contribution in [1.29, 1.82) is 0 Å². The fourth-order valence-corrected chi connectivity index (χ4v) is 2.14. The van der Waals surface area contributed by atoms with Crippen molar-refractivity contribution in [1.82, 2.24) is 9.97 Å². The lowest BCUT2D eigenvalue weighted by Gasteiger charge is -2.10. The maximum absolute atomic E-state index is 11.3. The van der Waals surface area contributed by atoms with Gasteiger partial charge in [0.05, 0.1) is 5.56 Å². The first-order valence-corrected chi connectivity index (χ1v) is 6.88. The fourth-order valence-electron chi connectivity index (χ4n) is 2.14. The van der Waals surface area contributed by atoms with E-state index in [1.165, 1.54) is 6.33 Å². The number of aldehydes is 1. The molecule has 0 spiro atoms. The Morgan fingerprint density at radius 3 is 2.45 bits per heavy atom. The SMILES string of the molecule is O=Cc1cc(-c2cncnc2)ccc1OCc1ccccc1. The fraction of sp³-hybridized carbons (Fsp3) is 0.0556. The van der Waals surface area contributed by atoms with E-state index in [0.717, 1.165) is 23.0 Å². The van der Waals surface area contributed by atoms with Crippen LogP contribution in [0.5, 0.6) is 5.75 Å². The van der Waals surface area contributed by atoms with Gasteiger partial charge in [-0.2, -0.15) is 0 Å². The van der Waals surface area contributed by atoms with Crippen LogP contribution in [0.2, 0.25) is 0 Å². The number of aromatic nitrogens is 2. The van der Waals surface area contributed by atoms with Crippen molar-refractivity contribution in [2.24, 2.45) is 0 Å². The molecule has 1 heterocycles. The van der Waals surface area contributed by atoms with Crippen molar-refractivity contribution in [2.45, 2.75) is 6.61 Å². The maximum atomic E-state index is 11.3. The Labute approximate surface area is 128 Å². The lowest BCUT2D eigenvalue weighted by atomic mass is 10.1. The predicted octanol–water partition coefficient (Wildman–Crippen LogP) is 3.54. The van der Waals surface area contributed by atoms with E-state index in [1.54, 1.807) is 24.5 Å². The van der Waals surface area contributed by atoms with Crippen LogP contribution in [0.4, 0.5) is 0 Å². The molecule has 0 radical (unpaired) electrons. The lowest BCUT2D eigenvalue weighted by molar-refractivity contribution is 0.111. The van der Waals surface area contributed by atoms with Crippen LogP contribution in [-0.4, -0.2) is 16.3 Å². The minimum Gasteiger partial charge on any atom is -0.488 e. The molecule has 3 aromatic rings.